The summed E-state index contributed by atoms with van der Waals surface area (Å²) in [4.78, 5) is 17.9. The predicted molar refractivity (Wildman–Crippen MR) is 212 cm³/mol. The van der Waals surface area contributed by atoms with E-state index in [1.54, 1.807) is 24.8 Å². The van der Waals surface area contributed by atoms with Crippen molar-refractivity contribution in [3.63, 3.8) is 0 Å². The third kappa shape index (κ3) is 4.31. The van der Waals surface area contributed by atoms with Gasteiger partial charge in [0.05, 0.1) is 44.1 Å². The Morgan fingerprint density at radius 3 is 1.13 bits per heavy atom. The highest BCUT2D eigenvalue weighted by atomic mass is 15.0. The highest BCUT2D eigenvalue weighted by Crippen LogP contribution is 2.42. The second kappa shape index (κ2) is 11.2. The predicted octanol–water partition coefficient (Wildman–Crippen LogP) is 11.1. The second-order valence-electron chi connectivity index (χ2n) is 13.2. The molecule has 0 amide bonds. The summed E-state index contributed by atoms with van der Waals surface area (Å²) < 4.78 is 4.79. The van der Waals surface area contributed by atoms with E-state index in [2.05, 4.69) is 163 Å². The third-order valence-corrected chi connectivity index (χ3v) is 10.3. The molecule has 4 heterocycles. The van der Waals surface area contributed by atoms with Gasteiger partial charge in [-0.2, -0.15) is 0 Å². The van der Waals surface area contributed by atoms with E-state index in [0.29, 0.717) is 0 Å². The molecule has 0 spiro atoms. The normalized spacial score (nSPS) is 11.8. The fourth-order valence-corrected chi connectivity index (χ4v) is 7.97. The standard InChI is InChI=1S/C46H28N6/c1-3-7-41-35(5-1)45-43(51(41)33-15-9-29(10-16-33)31-13-19-37-39(27-31)49-25-23-47-37)21-22-44-46(45)36-6-2-4-8-42(36)52(44)34-17-11-30(12-18-34)32-14-20-38-40(28-32)50-26-24-48-38/h1-28H. The first-order valence-electron chi connectivity index (χ1n) is 17.4. The van der Waals surface area contributed by atoms with Gasteiger partial charge in [-0.25, -0.2) is 0 Å². The van der Waals surface area contributed by atoms with Crippen molar-refractivity contribution >= 4 is 65.7 Å². The van der Waals surface area contributed by atoms with E-state index in [1.807, 2.05) is 12.1 Å². The van der Waals surface area contributed by atoms with Crippen LogP contribution in [-0.2, 0) is 0 Å². The molecule has 0 saturated carbocycles. The SMILES string of the molecule is c1ccc2c(c1)c1c3c4ccccc4n(-c4ccc(-c5ccc6nccnc6c5)cc4)c3ccc1n2-c1ccc(-c2ccc3nccnc3c2)cc1. The molecule has 0 atom stereocenters. The van der Waals surface area contributed by atoms with Crippen LogP contribution in [0.25, 0.3) is 99.3 Å². The van der Waals surface area contributed by atoms with Crippen molar-refractivity contribution in [1.29, 1.82) is 0 Å². The summed E-state index contributed by atoms with van der Waals surface area (Å²) in [6, 6.07) is 52.3. The molecule has 11 rings (SSSR count). The van der Waals surface area contributed by atoms with E-state index >= 15 is 0 Å². The maximum atomic E-state index is 4.51. The Hall–Kier alpha value is -7.18. The van der Waals surface area contributed by atoms with E-state index < -0.39 is 0 Å². The lowest BCUT2D eigenvalue weighted by Gasteiger charge is -2.11. The van der Waals surface area contributed by atoms with Gasteiger partial charge in [0.15, 0.2) is 0 Å². The van der Waals surface area contributed by atoms with Crippen molar-refractivity contribution in [3.8, 4) is 33.6 Å². The quantitative estimate of drug-likeness (QED) is 0.188. The minimum atomic E-state index is 0.894. The molecule has 7 aromatic carbocycles. The molecule has 0 N–H and O–H groups in total. The van der Waals surface area contributed by atoms with Gasteiger partial charge in [-0.3, -0.25) is 19.9 Å². The molecule has 52 heavy (non-hydrogen) atoms. The van der Waals surface area contributed by atoms with Gasteiger partial charge in [0.2, 0.25) is 0 Å². The largest absolute Gasteiger partial charge is 0.309 e. The van der Waals surface area contributed by atoms with Gasteiger partial charge in [-0.1, -0.05) is 72.8 Å². The number of para-hydroxylation sites is 2. The van der Waals surface area contributed by atoms with Crippen LogP contribution in [0.3, 0.4) is 0 Å². The summed E-state index contributed by atoms with van der Waals surface area (Å²) in [6.07, 6.45) is 6.95. The molecule has 242 valence electrons. The van der Waals surface area contributed by atoms with Gasteiger partial charge in [0.1, 0.15) is 0 Å². The Labute approximate surface area is 297 Å². The molecule has 4 aromatic heterocycles. The van der Waals surface area contributed by atoms with E-state index in [9.17, 15) is 0 Å². The molecule has 0 aliphatic heterocycles. The Kier molecular flexibility index (Phi) is 6.15. The lowest BCUT2D eigenvalue weighted by molar-refractivity contribution is 1.17. The van der Waals surface area contributed by atoms with Crippen molar-refractivity contribution in [2.45, 2.75) is 0 Å². The van der Waals surface area contributed by atoms with Gasteiger partial charge in [0, 0.05) is 57.7 Å². The Morgan fingerprint density at radius 1 is 0.308 bits per heavy atom. The number of nitrogens with zero attached hydrogens (tertiary/aromatic N) is 6. The lowest BCUT2D eigenvalue weighted by Crippen LogP contribution is -1.95. The Balaban J connectivity index is 1.07. The Morgan fingerprint density at radius 2 is 0.692 bits per heavy atom. The zero-order chi connectivity index (χ0) is 34.2. The third-order valence-electron chi connectivity index (χ3n) is 10.3. The number of fused-ring (bicyclic) bond motifs is 9. The highest BCUT2D eigenvalue weighted by molar-refractivity contribution is 6.28. The van der Waals surface area contributed by atoms with Crippen LogP contribution in [0.2, 0.25) is 0 Å². The highest BCUT2D eigenvalue weighted by Gasteiger charge is 2.20. The summed E-state index contributed by atoms with van der Waals surface area (Å²) in [6.45, 7) is 0. The minimum Gasteiger partial charge on any atom is -0.309 e. The molecular weight excluding hydrogens is 637 g/mol. The van der Waals surface area contributed by atoms with Crippen LogP contribution in [0, 0.1) is 0 Å². The molecule has 6 nitrogen and oxygen atoms in total. The maximum absolute atomic E-state index is 4.51. The average Bonchev–Trinajstić information content (AvgIpc) is 3.73. The molecule has 0 aliphatic rings. The average molecular weight is 665 g/mol. The Bertz CT molecular complexity index is 2960. The molecule has 0 fully saturated rings. The van der Waals surface area contributed by atoms with Crippen LogP contribution in [0.1, 0.15) is 0 Å². The summed E-state index contributed by atoms with van der Waals surface area (Å²) in [7, 11) is 0. The maximum Gasteiger partial charge on any atom is 0.0892 e. The summed E-state index contributed by atoms with van der Waals surface area (Å²) >= 11 is 0. The van der Waals surface area contributed by atoms with E-state index in [4.69, 9.17) is 0 Å². The topological polar surface area (TPSA) is 61.4 Å². The van der Waals surface area contributed by atoms with E-state index in [1.165, 1.54) is 43.6 Å². The molecule has 0 unspecified atom stereocenters. The molecule has 0 saturated heterocycles. The fourth-order valence-electron chi connectivity index (χ4n) is 7.97. The number of benzene rings is 7. The first-order chi connectivity index (χ1) is 25.8. The minimum absolute atomic E-state index is 0.894. The van der Waals surface area contributed by atoms with E-state index in [0.717, 1.165) is 55.7 Å². The lowest BCUT2D eigenvalue weighted by atomic mass is 10.0. The number of hydrogen-bond acceptors (Lipinski definition) is 4. The van der Waals surface area contributed by atoms with Crippen LogP contribution in [0.15, 0.2) is 170 Å². The fraction of sp³-hybridized carbons (Fsp3) is 0. The number of rotatable bonds is 4. The monoisotopic (exact) mass is 664 g/mol. The van der Waals surface area contributed by atoms with Crippen molar-refractivity contribution < 1.29 is 0 Å². The second-order valence-corrected chi connectivity index (χ2v) is 13.2. The molecular formula is C46H28N6. The van der Waals surface area contributed by atoms with Gasteiger partial charge in [-0.15, -0.1) is 0 Å². The van der Waals surface area contributed by atoms with Crippen LogP contribution < -0.4 is 0 Å². The van der Waals surface area contributed by atoms with E-state index in [-0.39, 0.29) is 0 Å². The number of hydrogen-bond donors (Lipinski definition) is 0. The zero-order valence-corrected chi connectivity index (χ0v) is 27.8. The van der Waals surface area contributed by atoms with Crippen molar-refractivity contribution in [1.82, 2.24) is 29.1 Å². The first-order valence-corrected chi connectivity index (χ1v) is 17.4. The number of aromatic nitrogens is 6. The zero-order valence-electron chi connectivity index (χ0n) is 27.8. The van der Waals surface area contributed by atoms with Gasteiger partial charge >= 0.3 is 0 Å². The van der Waals surface area contributed by atoms with Gasteiger partial charge in [0.25, 0.3) is 0 Å². The van der Waals surface area contributed by atoms with Gasteiger partial charge in [-0.05, 0) is 95.1 Å². The first kappa shape index (κ1) is 28.6. The van der Waals surface area contributed by atoms with Crippen LogP contribution in [0.4, 0.5) is 0 Å². The molecule has 6 heteroatoms. The van der Waals surface area contributed by atoms with Crippen LogP contribution >= 0.6 is 0 Å². The molecule has 0 bridgehead atoms. The van der Waals surface area contributed by atoms with Crippen molar-refractivity contribution in [2.24, 2.45) is 0 Å². The van der Waals surface area contributed by atoms with Crippen molar-refractivity contribution in [3.05, 3.63) is 170 Å². The summed E-state index contributed by atoms with van der Waals surface area (Å²) in [5, 5.41) is 4.99. The van der Waals surface area contributed by atoms with Crippen LogP contribution in [0.5, 0.6) is 0 Å². The molecule has 0 aliphatic carbocycles. The van der Waals surface area contributed by atoms with Crippen molar-refractivity contribution in [2.75, 3.05) is 0 Å². The molecule has 11 aromatic rings. The van der Waals surface area contributed by atoms with Crippen LogP contribution in [-0.4, -0.2) is 29.1 Å². The van der Waals surface area contributed by atoms with Gasteiger partial charge < -0.3 is 9.13 Å². The summed E-state index contributed by atoms with van der Waals surface area (Å²) in [5.74, 6) is 0. The molecule has 0 radical (unpaired) electrons. The smallest absolute Gasteiger partial charge is 0.0892 e. The summed E-state index contributed by atoms with van der Waals surface area (Å²) in [5.41, 5.74) is 15.1.